The van der Waals surface area contributed by atoms with E-state index < -0.39 is 14.5 Å². The SMILES string of the molecule is CCCCCCCC[PH](CCCCCCCC)(CCCCCCCC)Cc1ccc(C[PH](CCCCCCCC)(CCCCCCCC)CCCCCCCC)cc1. The van der Waals surface area contributed by atoms with Crippen LogP contribution in [0.3, 0.4) is 0 Å². The van der Waals surface area contributed by atoms with E-state index in [0.29, 0.717) is 0 Å². The van der Waals surface area contributed by atoms with Crippen molar-refractivity contribution in [3.8, 4) is 0 Å². The van der Waals surface area contributed by atoms with Crippen molar-refractivity contribution in [2.45, 2.75) is 285 Å². The summed E-state index contributed by atoms with van der Waals surface area (Å²) < 4.78 is 0. The van der Waals surface area contributed by atoms with Crippen LogP contribution in [0.15, 0.2) is 24.3 Å². The number of benzene rings is 1. The van der Waals surface area contributed by atoms with E-state index in [0.717, 1.165) is 0 Å². The Balaban J connectivity index is 3.28. The van der Waals surface area contributed by atoms with Gasteiger partial charge in [-0.05, 0) is 0 Å². The molecule has 1 rings (SSSR count). The summed E-state index contributed by atoms with van der Waals surface area (Å²) in [6, 6.07) is 10.8. The third-order valence-electron chi connectivity index (χ3n) is 14.5. The summed E-state index contributed by atoms with van der Waals surface area (Å²) in [5.74, 6) is 0. The van der Waals surface area contributed by atoms with Crippen LogP contribution in [0.2, 0.25) is 0 Å². The summed E-state index contributed by atoms with van der Waals surface area (Å²) in [4.78, 5) is 0. The number of hydrogen-bond donors (Lipinski definition) is 0. The Labute approximate surface area is 370 Å². The first-order valence-corrected chi connectivity index (χ1v) is 33.3. The van der Waals surface area contributed by atoms with Crippen LogP contribution < -0.4 is 0 Å². The average molecular weight is 847 g/mol. The second-order valence-corrected chi connectivity index (χ2v) is 30.0. The molecule has 0 nitrogen and oxygen atoms in total. The van der Waals surface area contributed by atoms with Crippen molar-refractivity contribution in [3.05, 3.63) is 35.4 Å². The summed E-state index contributed by atoms with van der Waals surface area (Å²) in [7, 11) is -2.78. The molecule has 1 aromatic rings. The van der Waals surface area contributed by atoms with Gasteiger partial charge in [0.1, 0.15) is 0 Å². The van der Waals surface area contributed by atoms with Crippen molar-refractivity contribution in [1.82, 2.24) is 0 Å². The van der Waals surface area contributed by atoms with Gasteiger partial charge in [-0.25, -0.2) is 0 Å². The molecule has 0 amide bonds. The molecule has 0 saturated heterocycles. The Morgan fingerprint density at radius 2 is 0.379 bits per heavy atom. The molecule has 0 spiro atoms. The quantitative estimate of drug-likeness (QED) is 0.0453. The molecule has 0 aromatic heterocycles. The first-order valence-electron chi connectivity index (χ1n) is 27.6. The second kappa shape index (κ2) is 41.1. The van der Waals surface area contributed by atoms with E-state index in [9.17, 15) is 0 Å². The van der Waals surface area contributed by atoms with E-state index in [1.165, 1.54) is 243 Å². The van der Waals surface area contributed by atoms with Gasteiger partial charge in [-0.1, -0.05) is 0 Å². The fourth-order valence-corrected chi connectivity index (χ4v) is 21.4. The van der Waals surface area contributed by atoms with Gasteiger partial charge in [0.2, 0.25) is 0 Å². The predicted molar refractivity (Wildman–Crippen MR) is 280 cm³/mol. The van der Waals surface area contributed by atoms with E-state index in [4.69, 9.17) is 0 Å². The molecule has 346 valence electrons. The van der Waals surface area contributed by atoms with Gasteiger partial charge < -0.3 is 0 Å². The third kappa shape index (κ3) is 31.0. The van der Waals surface area contributed by atoms with E-state index in [1.54, 1.807) is 48.1 Å². The molecule has 0 saturated carbocycles. The Morgan fingerprint density at radius 1 is 0.224 bits per heavy atom. The van der Waals surface area contributed by atoms with Gasteiger partial charge in [-0.3, -0.25) is 0 Å². The molecule has 0 aliphatic heterocycles. The van der Waals surface area contributed by atoms with Crippen molar-refractivity contribution >= 4 is 14.5 Å². The molecular formula is C56H112P2. The van der Waals surface area contributed by atoms with Gasteiger partial charge in [0.15, 0.2) is 0 Å². The van der Waals surface area contributed by atoms with Crippen molar-refractivity contribution in [2.75, 3.05) is 37.0 Å². The molecule has 0 atom stereocenters. The number of unbranched alkanes of at least 4 members (excludes halogenated alkanes) is 30. The molecule has 0 N–H and O–H groups in total. The van der Waals surface area contributed by atoms with E-state index in [1.807, 2.05) is 0 Å². The molecule has 0 heterocycles. The summed E-state index contributed by atoms with van der Waals surface area (Å²) in [5.41, 5.74) is 3.46. The molecule has 0 radical (unpaired) electrons. The van der Waals surface area contributed by atoms with Gasteiger partial charge in [-0.2, -0.15) is 0 Å². The Hall–Kier alpha value is 0.0800. The van der Waals surface area contributed by atoms with Crippen LogP contribution in [0.4, 0.5) is 0 Å². The fourth-order valence-electron chi connectivity index (χ4n) is 10.6. The van der Waals surface area contributed by atoms with Crippen LogP contribution in [0.5, 0.6) is 0 Å². The van der Waals surface area contributed by atoms with E-state index in [2.05, 4.69) is 65.8 Å². The van der Waals surface area contributed by atoms with Crippen LogP contribution in [0.1, 0.15) is 284 Å². The van der Waals surface area contributed by atoms with E-state index >= 15 is 0 Å². The van der Waals surface area contributed by atoms with Crippen molar-refractivity contribution in [3.63, 3.8) is 0 Å². The monoisotopic (exact) mass is 847 g/mol. The zero-order valence-corrected chi connectivity index (χ0v) is 43.4. The Kier molecular flexibility index (Phi) is 39.8. The molecule has 0 fully saturated rings. The van der Waals surface area contributed by atoms with Crippen molar-refractivity contribution < 1.29 is 0 Å². The first-order chi connectivity index (χ1) is 28.5. The zero-order valence-electron chi connectivity index (χ0n) is 41.4. The normalized spacial score (nSPS) is 12.8. The number of hydrogen-bond acceptors (Lipinski definition) is 0. The standard InChI is InChI=1S/C56H112P2/c1-7-13-19-25-31-37-47-57(48-38-32-26-20-14-8-2,49-39-33-27-21-15-9-3)53-55-43-45-56(46-44-55)54-58(50-40-34-28-22-16-10-4,51-41-35-29-23-17-11-5)52-42-36-30-24-18-12-6/h43-46,57-58H,7-42,47-54H2,1-6H3. The summed E-state index contributed by atoms with van der Waals surface area (Å²) >= 11 is 0. The molecule has 0 bridgehead atoms. The molecule has 1 aromatic carbocycles. The van der Waals surface area contributed by atoms with Gasteiger partial charge in [-0.15, -0.1) is 0 Å². The first kappa shape index (κ1) is 56.1. The maximum atomic E-state index is 2.69. The van der Waals surface area contributed by atoms with Crippen molar-refractivity contribution in [2.24, 2.45) is 0 Å². The molecule has 2 heteroatoms. The zero-order chi connectivity index (χ0) is 42.1. The van der Waals surface area contributed by atoms with Gasteiger partial charge in [0, 0.05) is 0 Å². The van der Waals surface area contributed by atoms with E-state index in [-0.39, 0.29) is 0 Å². The number of rotatable bonds is 46. The topological polar surface area (TPSA) is 0 Å². The minimum atomic E-state index is -1.39. The molecule has 0 unspecified atom stereocenters. The van der Waals surface area contributed by atoms with Gasteiger partial charge in [0.05, 0.1) is 0 Å². The van der Waals surface area contributed by atoms with Gasteiger partial charge in [0.25, 0.3) is 0 Å². The fraction of sp³-hybridized carbons (Fsp3) is 0.893. The molecule has 58 heavy (non-hydrogen) atoms. The Morgan fingerprint density at radius 3 is 0.552 bits per heavy atom. The predicted octanol–water partition coefficient (Wildman–Crippen LogP) is 20.3. The summed E-state index contributed by atoms with van der Waals surface area (Å²) in [6.07, 6.45) is 65.1. The Bertz CT molecular complexity index is 793. The molecule has 0 aliphatic carbocycles. The van der Waals surface area contributed by atoms with Crippen LogP contribution in [0.25, 0.3) is 0 Å². The maximum absolute atomic E-state index is 2.69. The summed E-state index contributed by atoms with van der Waals surface area (Å²) in [6.45, 7) is 14.2. The molecule has 0 aliphatic rings. The second-order valence-electron chi connectivity index (χ2n) is 20.3. The average Bonchev–Trinajstić information content (AvgIpc) is 3.23. The van der Waals surface area contributed by atoms with Crippen molar-refractivity contribution in [1.29, 1.82) is 0 Å². The van der Waals surface area contributed by atoms with Crippen LogP contribution in [-0.4, -0.2) is 37.0 Å². The third-order valence-corrected chi connectivity index (χ3v) is 25.3. The van der Waals surface area contributed by atoms with Gasteiger partial charge >= 0.3 is 372 Å². The summed E-state index contributed by atoms with van der Waals surface area (Å²) in [5, 5.41) is 0. The molecular weight excluding hydrogens is 735 g/mol. The minimum absolute atomic E-state index is 1.37. The van der Waals surface area contributed by atoms with Crippen LogP contribution >= 0.6 is 14.5 Å². The van der Waals surface area contributed by atoms with Crippen LogP contribution in [-0.2, 0) is 12.3 Å². The van der Waals surface area contributed by atoms with Crippen LogP contribution in [0, 0.1) is 0 Å².